The molecule has 0 saturated heterocycles. The number of hydrogen-bond acceptors (Lipinski definition) is 0. The van der Waals surface area contributed by atoms with Crippen molar-refractivity contribution in [1.29, 1.82) is 0 Å². The number of rotatable bonds is 5. The average molecular weight is 609 g/mol. The minimum Gasteiger partial charge on any atom is -0.0990 e. The van der Waals surface area contributed by atoms with Crippen molar-refractivity contribution in [1.82, 2.24) is 0 Å². The van der Waals surface area contributed by atoms with Gasteiger partial charge in [-0.25, -0.2) is 0 Å². The molecule has 0 radical (unpaired) electrons. The Labute approximate surface area is 279 Å². The Hall–Kier alpha value is -4.94. The SMILES string of the molecule is C=C/C=c1\c(=C/C)c2c(c3cc(-c4ccc(-c5cc(C6=CCC(c7ccccc7)C=C6)cc(C(C)(C)C)c5)cc4)ccc13)=CCCC=2. The second kappa shape index (κ2) is 12.7. The molecule has 0 fully saturated rings. The lowest BCUT2D eigenvalue weighted by molar-refractivity contribution is 0.590. The van der Waals surface area contributed by atoms with Gasteiger partial charge in [-0.15, -0.1) is 0 Å². The predicted molar refractivity (Wildman–Crippen MR) is 206 cm³/mol. The van der Waals surface area contributed by atoms with Crippen LogP contribution in [0.1, 0.15) is 69.6 Å². The zero-order chi connectivity index (χ0) is 32.5. The van der Waals surface area contributed by atoms with Gasteiger partial charge in [0.1, 0.15) is 0 Å². The molecule has 2 aliphatic rings. The first-order valence-electron chi connectivity index (χ1n) is 17.1. The van der Waals surface area contributed by atoms with Crippen molar-refractivity contribution >= 4 is 40.6 Å². The van der Waals surface area contributed by atoms with Gasteiger partial charge in [-0.3, -0.25) is 0 Å². The molecule has 2 aliphatic carbocycles. The normalized spacial score (nSPS) is 16.8. The predicted octanol–water partition coefficient (Wildman–Crippen LogP) is 9.72. The molecule has 5 aromatic rings. The lowest BCUT2D eigenvalue weighted by Gasteiger charge is -2.23. The minimum atomic E-state index is 0.0478. The van der Waals surface area contributed by atoms with Crippen LogP contribution < -0.4 is 20.9 Å². The summed E-state index contributed by atoms with van der Waals surface area (Å²) in [4.78, 5) is 0. The molecule has 0 saturated carbocycles. The summed E-state index contributed by atoms with van der Waals surface area (Å²) in [5, 5.41) is 7.91. The van der Waals surface area contributed by atoms with Gasteiger partial charge in [0.2, 0.25) is 0 Å². The molecule has 5 aromatic carbocycles. The van der Waals surface area contributed by atoms with E-state index in [1.165, 1.54) is 76.2 Å². The van der Waals surface area contributed by atoms with Gasteiger partial charge in [0.25, 0.3) is 0 Å². The largest absolute Gasteiger partial charge is 0.0990 e. The highest BCUT2D eigenvalue weighted by atomic mass is 14.2. The summed E-state index contributed by atoms with van der Waals surface area (Å²) < 4.78 is 0. The summed E-state index contributed by atoms with van der Waals surface area (Å²) in [6, 6.07) is 34.1. The first-order chi connectivity index (χ1) is 22.8. The van der Waals surface area contributed by atoms with Gasteiger partial charge >= 0.3 is 0 Å². The maximum Gasteiger partial charge on any atom is 0.00561 e. The van der Waals surface area contributed by atoms with Crippen molar-refractivity contribution in [2.24, 2.45) is 0 Å². The second-order valence-electron chi connectivity index (χ2n) is 14.0. The fraction of sp³-hybridized carbons (Fsp3) is 0.191. The number of fused-ring (bicyclic) bond motifs is 3. The number of allylic oxidation sites excluding steroid dienone is 5. The van der Waals surface area contributed by atoms with Crippen LogP contribution in [0.2, 0.25) is 0 Å². The van der Waals surface area contributed by atoms with Crippen LogP contribution in [0.25, 0.3) is 62.9 Å². The summed E-state index contributed by atoms with van der Waals surface area (Å²) in [6.07, 6.45) is 21.5. The molecular formula is C47H44. The standard InChI is InChI=1S/C47H44/c1-6-13-42-41(7-2)43-16-11-12-17-44(43)46-31-37(26-27-45(42)46)34-20-24-36(25-21-34)39-28-38(29-40(30-39)47(3,4)5)35-22-18-33(19-23-35)32-14-9-8-10-15-32/h6-10,13-18,20-31,33H,1,11-12,19H2,2-5H3/b41-7+,42-13+. The maximum atomic E-state index is 4.02. The van der Waals surface area contributed by atoms with Crippen molar-refractivity contribution in [2.45, 2.75) is 58.3 Å². The van der Waals surface area contributed by atoms with Crippen molar-refractivity contribution in [3.05, 3.63) is 159 Å². The molecule has 0 heterocycles. The van der Waals surface area contributed by atoms with E-state index in [0.29, 0.717) is 5.92 Å². The lowest BCUT2D eigenvalue weighted by atomic mass is 9.82. The molecule has 7 rings (SSSR count). The molecular weight excluding hydrogens is 565 g/mol. The van der Waals surface area contributed by atoms with Gasteiger partial charge in [-0.05, 0) is 120 Å². The summed E-state index contributed by atoms with van der Waals surface area (Å²) in [6.45, 7) is 13.1. The molecule has 0 N–H and O–H groups in total. The highest BCUT2D eigenvalue weighted by Crippen LogP contribution is 2.36. The Morgan fingerprint density at radius 1 is 0.660 bits per heavy atom. The van der Waals surface area contributed by atoms with Crippen molar-refractivity contribution < 1.29 is 0 Å². The van der Waals surface area contributed by atoms with Crippen LogP contribution in [-0.4, -0.2) is 0 Å². The Kier molecular flexibility index (Phi) is 8.29. The van der Waals surface area contributed by atoms with Crippen molar-refractivity contribution in [3.63, 3.8) is 0 Å². The van der Waals surface area contributed by atoms with E-state index in [4.69, 9.17) is 0 Å². The van der Waals surface area contributed by atoms with Gasteiger partial charge < -0.3 is 0 Å². The first kappa shape index (κ1) is 30.7. The highest BCUT2D eigenvalue weighted by molar-refractivity contribution is 5.90. The van der Waals surface area contributed by atoms with Crippen molar-refractivity contribution in [2.75, 3.05) is 0 Å². The van der Waals surface area contributed by atoms with Crippen LogP contribution in [0.3, 0.4) is 0 Å². The monoisotopic (exact) mass is 608 g/mol. The van der Waals surface area contributed by atoms with Crippen LogP contribution >= 0.6 is 0 Å². The van der Waals surface area contributed by atoms with E-state index < -0.39 is 0 Å². The quantitative estimate of drug-likeness (QED) is 0.186. The van der Waals surface area contributed by atoms with E-state index in [2.05, 4.69) is 168 Å². The van der Waals surface area contributed by atoms with Gasteiger partial charge in [0.15, 0.2) is 0 Å². The number of hydrogen-bond donors (Lipinski definition) is 0. The van der Waals surface area contributed by atoms with Gasteiger partial charge in [0.05, 0.1) is 0 Å². The molecule has 0 amide bonds. The van der Waals surface area contributed by atoms with Gasteiger partial charge in [-0.1, -0.05) is 155 Å². The molecule has 0 nitrogen and oxygen atoms in total. The van der Waals surface area contributed by atoms with Crippen LogP contribution in [0.4, 0.5) is 0 Å². The van der Waals surface area contributed by atoms with Crippen molar-refractivity contribution in [3.8, 4) is 22.3 Å². The lowest BCUT2D eigenvalue weighted by Crippen LogP contribution is -2.49. The van der Waals surface area contributed by atoms with Crippen LogP contribution in [0, 0.1) is 0 Å². The Morgan fingerprint density at radius 2 is 1.34 bits per heavy atom. The highest BCUT2D eigenvalue weighted by Gasteiger charge is 2.18. The average Bonchev–Trinajstić information content (AvgIpc) is 3.11. The first-order valence-corrected chi connectivity index (χ1v) is 17.1. The third-order valence-electron chi connectivity index (χ3n) is 9.92. The molecule has 1 unspecified atom stereocenters. The molecule has 1 atom stereocenters. The topological polar surface area (TPSA) is 0 Å². The molecule has 0 aromatic heterocycles. The maximum absolute atomic E-state index is 4.02. The van der Waals surface area contributed by atoms with Gasteiger partial charge in [-0.2, -0.15) is 0 Å². The van der Waals surface area contributed by atoms with Crippen LogP contribution in [0.15, 0.2) is 122 Å². The molecule has 0 bridgehead atoms. The zero-order valence-corrected chi connectivity index (χ0v) is 28.2. The smallest absolute Gasteiger partial charge is 0.00561 e. The molecule has 0 aliphatic heterocycles. The van der Waals surface area contributed by atoms with E-state index in [0.717, 1.165) is 19.3 Å². The molecule has 232 valence electrons. The van der Waals surface area contributed by atoms with E-state index in [-0.39, 0.29) is 5.41 Å². The summed E-state index contributed by atoms with van der Waals surface area (Å²) in [5.74, 6) is 0.438. The summed E-state index contributed by atoms with van der Waals surface area (Å²) in [7, 11) is 0. The zero-order valence-electron chi connectivity index (χ0n) is 28.2. The van der Waals surface area contributed by atoms with E-state index >= 15 is 0 Å². The Balaban J connectivity index is 1.26. The summed E-state index contributed by atoms with van der Waals surface area (Å²) >= 11 is 0. The van der Waals surface area contributed by atoms with E-state index in [9.17, 15) is 0 Å². The van der Waals surface area contributed by atoms with Gasteiger partial charge in [0, 0.05) is 5.92 Å². The molecule has 0 spiro atoms. The Bertz CT molecular complexity index is 2300. The van der Waals surface area contributed by atoms with E-state index in [1.54, 1.807) is 0 Å². The van der Waals surface area contributed by atoms with Crippen LogP contribution in [-0.2, 0) is 5.41 Å². The minimum absolute atomic E-state index is 0.0478. The number of benzene rings is 5. The molecule has 0 heteroatoms. The van der Waals surface area contributed by atoms with E-state index in [1.807, 2.05) is 6.08 Å². The summed E-state index contributed by atoms with van der Waals surface area (Å²) in [5.41, 5.74) is 10.4. The fourth-order valence-corrected chi connectivity index (χ4v) is 7.30. The third kappa shape index (κ3) is 6.01. The fourth-order valence-electron chi connectivity index (χ4n) is 7.30. The molecule has 47 heavy (non-hydrogen) atoms. The Morgan fingerprint density at radius 3 is 2.00 bits per heavy atom. The second-order valence-corrected chi connectivity index (χ2v) is 14.0. The third-order valence-corrected chi connectivity index (χ3v) is 9.92. The van der Waals surface area contributed by atoms with Crippen LogP contribution in [0.5, 0.6) is 0 Å².